The smallest absolute Gasteiger partial charge is 0.148 e. The van der Waals surface area contributed by atoms with Crippen LogP contribution in [0, 0.1) is 5.82 Å². The Morgan fingerprint density at radius 1 is 1.30 bits per heavy atom. The van der Waals surface area contributed by atoms with Crippen LogP contribution in [-0.4, -0.2) is 4.98 Å². The minimum Gasteiger partial charge on any atom is -0.456 e. The standard InChI is InChI=1S/C19H13F2NO/c1-3-12(20)18-10(2)11-6-4-8-14-16(11)19(22-18)17-13(21)7-5-9-15(17)23-14/h3,5,7-9H,1-2,4,6H2/b18-12-. The molecule has 1 aromatic heterocycles. The molecule has 0 saturated heterocycles. The molecule has 2 nitrogen and oxygen atoms in total. The van der Waals surface area contributed by atoms with Crippen LogP contribution < -0.4 is 15.3 Å². The van der Waals surface area contributed by atoms with E-state index in [4.69, 9.17) is 4.74 Å². The minimum atomic E-state index is -0.561. The summed E-state index contributed by atoms with van der Waals surface area (Å²) in [5.74, 6) is 0.0336. The van der Waals surface area contributed by atoms with E-state index in [1.807, 2.05) is 6.08 Å². The first kappa shape index (κ1) is 13.9. The molecular formula is C19H13F2NO. The SMILES string of the molecule is C=C/C(F)=c1/nc2c3c(c1=C)CCC=C3Oc1cccc(F)c1-2. The molecule has 0 amide bonds. The molecule has 1 aliphatic carbocycles. The number of benzene rings is 1. The lowest BCUT2D eigenvalue weighted by Gasteiger charge is -2.27. The molecule has 2 aromatic rings. The van der Waals surface area contributed by atoms with Crippen LogP contribution in [0.2, 0.25) is 0 Å². The van der Waals surface area contributed by atoms with E-state index >= 15 is 0 Å². The van der Waals surface area contributed by atoms with E-state index in [0.29, 0.717) is 28.8 Å². The van der Waals surface area contributed by atoms with E-state index in [9.17, 15) is 8.78 Å². The fourth-order valence-electron chi connectivity index (χ4n) is 3.17. The van der Waals surface area contributed by atoms with E-state index in [2.05, 4.69) is 18.1 Å². The molecule has 4 heteroatoms. The van der Waals surface area contributed by atoms with Crippen molar-refractivity contribution in [2.45, 2.75) is 12.8 Å². The van der Waals surface area contributed by atoms with Crippen LogP contribution in [0.5, 0.6) is 5.75 Å². The fourth-order valence-corrected chi connectivity index (χ4v) is 3.17. The van der Waals surface area contributed by atoms with Crippen LogP contribution in [0.15, 0.2) is 36.9 Å². The summed E-state index contributed by atoms with van der Waals surface area (Å²) >= 11 is 0. The van der Waals surface area contributed by atoms with Crippen LogP contribution >= 0.6 is 0 Å². The molecule has 2 heterocycles. The summed E-state index contributed by atoms with van der Waals surface area (Å²) in [6, 6.07) is 4.61. The van der Waals surface area contributed by atoms with Gasteiger partial charge in [0.2, 0.25) is 0 Å². The van der Waals surface area contributed by atoms with Gasteiger partial charge in [-0.2, -0.15) is 0 Å². The van der Waals surface area contributed by atoms with Crippen LogP contribution in [0.25, 0.3) is 29.4 Å². The highest BCUT2D eigenvalue weighted by atomic mass is 19.1. The number of hydrogen-bond donors (Lipinski definition) is 0. The summed E-state index contributed by atoms with van der Waals surface area (Å²) in [6.45, 7) is 7.41. The monoisotopic (exact) mass is 309 g/mol. The number of ether oxygens (including phenoxy) is 1. The van der Waals surface area contributed by atoms with Crippen LogP contribution in [0.3, 0.4) is 0 Å². The van der Waals surface area contributed by atoms with Gasteiger partial charge in [-0.05, 0) is 47.9 Å². The number of aromatic nitrogens is 1. The van der Waals surface area contributed by atoms with E-state index in [1.165, 1.54) is 6.07 Å². The van der Waals surface area contributed by atoms with Gasteiger partial charge in [-0.15, -0.1) is 0 Å². The summed E-state index contributed by atoms with van der Waals surface area (Å²) in [5.41, 5.74) is 2.25. The second kappa shape index (κ2) is 4.88. The average molecular weight is 309 g/mol. The van der Waals surface area contributed by atoms with Gasteiger partial charge in [0.05, 0.1) is 11.3 Å². The summed E-state index contributed by atoms with van der Waals surface area (Å²) in [6.07, 6.45) is 4.50. The highest BCUT2D eigenvalue weighted by molar-refractivity contribution is 5.87. The molecule has 1 aromatic carbocycles. The summed E-state index contributed by atoms with van der Waals surface area (Å²) in [4.78, 5) is 4.37. The van der Waals surface area contributed by atoms with Crippen molar-refractivity contribution in [3.63, 3.8) is 0 Å². The highest BCUT2D eigenvalue weighted by Gasteiger charge is 2.30. The second-order valence-corrected chi connectivity index (χ2v) is 5.52. The highest BCUT2D eigenvalue weighted by Crippen LogP contribution is 2.44. The van der Waals surface area contributed by atoms with Gasteiger partial charge in [-0.3, -0.25) is 0 Å². The van der Waals surface area contributed by atoms with Crippen molar-refractivity contribution in [2.24, 2.45) is 0 Å². The van der Waals surface area contributed by atoms with Crippen molar-refractivity contribution in [1.29, 1.82) is 0 Å². The number of pyridine rings is 1. The molecule has 114 valence electrons. The van der Waals surface area contributed by atoms with E-state index < -0.39 is 11.6 Å². The van der Waals surface area contributed by atoms with Gasteiger partial charge in [0.25, 0.3) is 0 Å². The molecule has 4 rings (SSSR count). The predicted octanol–water partition coefficient (Wildman–Crippen LogP) is 3.24. The average Bonchev–Trinajstić information content (AvgIpc) is 2.56. The lowest BCUT2D eigenvalue weighted by atomic mass is 9.88. The van der Waals surface area contributed by atoms with Crippen molar-refractivity contribution in [2.75, 3.05) is 0 Å². The van der Waals surface area contributed by atoms with Crippen LogP contribution in [0.1, 0.15) is 17.5 Å². The minimum absolute atomic E-state index is 0.117. The Morgan fingerprint density at radius 2 is 2.13 bits per heavy atom. The molecule has 0 radical (unpaired) electrons. The van der Waals surface area contributed by atoms with Gasteiger partial charge in [0.1, 0.15) is 28.5 Å². The maximum absolute atomic E-state index is 14.4. The van der Waals surface area contributed by atoms with Crippen molar-refractivity contribution in [3.8, 4) is 17.0 Å². The molecule has 1 aliphatic heterocycles. The topological polar surface area (TPSA) is 22.1 Å². The predicted molar refractivity (Wildman–Crippen MR) is 86.0 cm³/mol. The third-order valence-electron chi connectivity index (χ3n) is 4.22. The number of hydrogen-bond acceptors (Lipinski definition) is 2. The lowest BCUT2D eigenvalue weighted by molar-refractivity contribution is 0.496. The molecule has 0 spiro atoms. The van der Waals surface area contributed by atoms with E-state index in [-0.39, 0.29) is 10.9 Å². The first-order chi connectivity index (χ1) is 11.1. The number of halogens is 2. The lowest BCUT2D eigenvalue weighted by Crippen LogP contribution is -2.36. The first-order valence-electron chi connectivity index (χ1n) is 7.33. The zero-order valence-electron chi connectivity index (χ0n) is 12.3. The van der Waals surface area contributed by atoms with Crippen LogP contribution in [-0.2, 0) is 6.42 Å². The molecule has 0 unspecified atom stereocenters. The Labute approximate surface area is 131 Å². The van der Waals surface area contributed by atoms with Gasteiger partial charge >= 0.3 is 0 Å². The number of fused-ring (bicyclic) bond motifs is 2. The quantitative estimate of drug-likeness (QED) is 0.807. The molecule has 0 N–H and O–H groups in total. The number of rotatable bonds is 1. The largest absolute Gasteiger partial charge is 0.456 e. The van der Waals surface area contributed by atoms with Crippen molar-refractivity contribution >= 4 is 18.2 Å². The molecule has 0 fully saturated rings. The first-order valence-corrected chi connectivity index (χ1v) is 7.33. The van der Waals surface area contributed by atoms with Gasteiger partial charge in [-0.25, -0.2) is 13.8 Å². The van der Waals surface area contributed by atoms with Gasteiger partial charge in [0, 0.05) is 5.56 Å². The van der Waals surface area contributed by atoms with E-state index in [1.54, 1.807) is 12.1 Å². The zero-order valence-corrected chi connectivity index (χ0v) is 12.3. The molecule has 23 heavy (non-hydrogen) atoms. The fraction of sp³-hybridized carbons (Fsp3) is 0.105. The Hall–Kier alpha value is -2.75. The summed E-state index contributed by atoms with van der Waals surface area (Å²) in [5, 5.41) is 0.626. The molecule has 0 saturated carbocycles. The molecule has 0 bridgehead atoms. The summed E-state index contributed by atoms with van der Waals surface area (Å²) in [7, 11) is 0. The molecule has 2 aliphatic rings. The van der Waals surface area contributed by atoms with Crippen molar-refractivity contribution < 1.29 is 13.5 Å². The van der Waals surface area contributed by atoms with Crippen molar-refractivity contribution in [3.05, 3.63) is 64.4 Å². The maximum Gasteiger partial charge on any atom is 0.148 e. The van der Waals surface area contributed by atoms with Gasteiger partial charge < -0.3 is 4.74 Å². The summed E-state index contributed by atoms with van der Waals surface area (Å²) < 4.78 is 34.4. The molecule has 0 atom stereocenters. The zero-order chi connectivity index (χ0) is 16.1. The van der Waals surface area contributed by atoms with Crippen LogP contribution in [0.4, 0.5) is 8.78 Å². The Kier molecular flexibility index (Phi) is 2.94. The van der Waals surface area contributed by atoms with E-state index in [0.717, 1.165) is 23.6 Å². The number of nitrogens with zero attached hydrogens (tertiary/aromatic N) is 1. The Morgan fingerprint density at radius 3 is 2.91 bits per heavy atom. The number of allylic oxidation sites excluding steroid dienone is 2. The Balaban J connectivity index is 2.22. The van der Waals surface area contributed by atoms with Gasteiger partial charge in [0.15, 0.2) is 0 Å². The maximum atomic E-state index is 14.4. The third-order valence-corrected chi connectivity index (χ3v) is 4.22. The Bertz CT molecular complexity index is 1010. The third kappa shape index (κ3) is 1.88. The van der Waals surface area contributed by atoms with Gasteiger partial charge in [-0.1, -0.05) is 19.2 Å². The van der Waals surface area contributed by atoms with Crippen molar-refractivity contribution in [1.82, 2.24) is 4.98 Å². The normalized spacial score (nSPS) is 15.8. The second-order valence-electron chi connectivity index (χ2n) is 5.52. The molecular weight excluding hydrogens is 296 g/mol.